The third-order valence-electron chi connectivity index (χ3n) is 3.83. The number of hydrogen-bond donors (Lipinski definition) is 1. The molecule has 0 fully saturated rings. The van der Waals surface area contributed by atoms with Crippen LogP contribution in [-0.2, 0) is 12.8 Å². The summed E-state index contributed by atoms with van der Waals surface area (Å²) in [6.45, 7) is 3.60. The first-order valence-corrected chi connectivity index (χ1v) is 7.64. The Morgan fingerprint density at radius 1 is 1.27 bits per heavy atom. The predicted octanol–water partition coefficient (Wildman–Crippen LogP) is 2.71. The van der Waals surface area contributed by atoms with Crippen molar-refractivity contribution in [3.8, 4) is 11.5 Å². The number of nitrogens with one attached hydrogen (secondary N) is 1. The Bertz CT molecular complexity index is 628. The van der Waals surface area contributed by atoms with Crippen molar-refractivity contribution >= 4 is 5.82 Å². The van der Waals surface area contributed by atoms with Crippen molar-refractivity contribution in [2.75, 3.05) is 25.6 Å². The molecule has 0 spiro atoms. The molecule has 1 aromatic heterocycles. The van der Waals surface area contributed by atoms with Crippen molar-refractivity contribution in [2.45, 2.75) is 19.8 Å². The van der Waals surface area contributed by atoms with Gasteiger partial charge in [-0.05, 0) is 43.5 Å². The highest BCUT2D eigenvalue weighted by atomic mass is 16.5. The molecule has 22 heavy (non-hydrogen) atoms. The lowest BCUT2D eigenvalue weighted by molar-refractivity contribution is 0.219. The molecule has 5 nitrogen and oxygen atoms in total. The van der Waals surface area contributed by atoms with Crippen molar-refractivity contribution in [1.29, 1.82) is 0 Å². The van der Waals surface area contributed by atoms with Gasteiger partial charge >= 0.3 is 0 Å². The third-order valence-corrected chi connectivity index (χ3v) is 3.83. The van der Waals surface area contributed by atoms with Crippen LogP contribution in [0, 0.1) is 5.92 Å². The van der Waals surface area contributed by atoms with Gasteiger partial charge in [-0.1, -0.05) is 6.07 Å². The van der Waals surface area contributed by atoms with Crippen LogP contribution in [0.25, 0.3) is 0 Å². The summed E-state index contributed by atoms with van der Waals surface area (Å²) in [7, 11) is 1.67. The van der Waals surface area contributed by atoms with E-state index in [-0.39, 0.29) is 0 Å². The van der Waals surface area contributed by atoms with Gasteiger partial charge in [-0.25, -0.2) is 0 Å². The molecular formula is C17H21N3O2. The SMILES string of the molecule is CCNc1ccc(C[C@@H]2COc3cc(OC)ccc3C2)nn1. The van der Waals surface area contributed by atoms with Crippen LogP contribution in [0.3, 0.4) is 0 Å². The minimum atomic E-state index is 0.431. The first-order valence-electron chi connectivity index (χ1n) is 7.64. The van der Waals surface area contributed by atoms with Gasteiger partial charge in [0.2, 0.25) is 0 Å². The van der Waals surface area contributed by atoms with E-state index in [1.807, 2.05) is 31.2 Å². The number of hydrogen-bond acceptors (Lipinski definition) is 5. The maximum absolute atomic E-state index is 5.87. The standard InChI is InChI=1S/C17H21N3O2/c1-3-18-17-7-5-14(19-20-17)9-12-8-13-4-6-15(21-2)10-16(13)22-11-12/h4-7,10,12H,3,8-9,11H2,1-2H3,(H,18,20)/t12-/m1/s1. The highest BCUT2D eigenvalue weighted by Crippen LogP contribution is 2.31. The molecule has 116 valence electrons. The summed E-state index contributed by atoms with van der Waals surface area (Å²) in [5.41, 5.74) is 2.24. The van der Waals surface area contributed by atoms with E-state index >= 15 is 0 Å². The summed E-state index contributed by atoms with van der Waals surface area (Å²) in [5.74, 6) is 3.02. The normalized spacial score (nSPS) is 16.5. The van der Waals surface area contributed by atoms with E-state index in [0.29, 0.717) is 12.5 Å². The molecule has 1 aliphatic rings. The van der Waals surface area contributed by atoms with Gasteiger partial charge in [0.25, 0.3) is 0 Å². The van der Waals surface area contributed by atoms with Crippen molar-refractivity contribution in [3.63, 3.8) is 0 Å². The minimum Gasteiger partial charge on any atom is -0.497 e. The molecule has 1 N–H and O–H groups in total. The van der Waals surface area contributed by atoms with Crippen LogP contribution in [0.5, 0.6) is 11.5 Å². The van der Waals surface area contributed by atoms with E-state index in [1.165, 1.54) is 5.56 Å². The molecule has 5 heteroatoms. The second-order valence-electron chi connectivity index (χ2n) is 5.50. The minimum absolute atomic E-state index is 0.431. The molecule has 0 saturated heterocycles. The molecule has 0 amide bonds. The number of benzene rings is 1. The summed E-state index contributed by atoms with van der Waals surface area (Å²) < 4.78 is 11.1. The second kappa shape index (κ2) is 6.64. The number of fused-ring (bicyclic) bond motifs is 1. The van der Waals surface area contributed by atoms with Crippen LogP contribution in [0.1, 0.15) is 18.2 Å². The number of methoxy groups -OCH3 is 1. The Morgan fingerprint density at radius 2 is 2.18 bits per heavy atom. The maximum Gasteiger partial charge on any atom is 0.148 e. The van der Waals surface area contributed by atoms with E-state index in [4.69, 9.17) is 9.47 Å². The molecule has 1 aromatic carbocycles. The van der Waals surface area contributed by atoms with Gasteiger partial charge in [-0.3, -0.25) is 0 Å². The number of rotatable bonds is 5. The Morgan fingerprint density at radius 3 is 2.91 bits per heavy atom. The third kappa shape index (κ3) is 3.30. The lowest BCUT2D eigenvalue weighted by Gasteiger charge is -2.25. The highest BCUT2D eigenvalue weighted by Gasteiger charge is 2.21. The van der Waals surface area contributed by atoms with E-state index in [2.05, 4.69) is 21.6 Å². The zero-order valence-electron chi connectivity index (χ0n) is 13.0. The zero-order valence-corrected chi connectivity index (χ0v) is 13.0. The van der Waals surface area contributed by atoms with E-state index in [9.17, 15) is 0 Å². The Labute approximate surface area is 130 Å². The summed E-state index contributed by atoms with van der Waals surface area (Å²) in [6.07, 6.45) is 1.88. The molecule has 0 saturated carbocycles. The van der Waals surface area contributed by atoms with Crippen LogP contribution in [-0.4, -0.2) is 30.5 Å². The largest absolute Gasteiger partial charge is 0.497 e. The first-order chi connectivity index (χ1) is 10.8. The molecule has 3 rings (SSSR count). The van der Waals surface area contributed by atoms with Gasteiger partial charge in [-0.2, -0.15) is 5.10 Å². The van der Waals surface area contributed by atoms with E-state index in [0.717, 1.165) is 42.4 Å². The van der Waals surface area contributed by atoms with Crippen LogP contribution in [0.2, 0.25) is 0 Å². The van der Waals surface area contributed by atoms with Crippen molar-refractivity contribution in [2.24, 2.45) is 5.92 Å². The Hall–Kier alpha value is -2.30. The molecule has 1 atom stereocenters. The average molecular weight is 299 g/mol. The van der Waals surface area contributed by atoms with Gasteiger partial charge in [0.15, 0.2) is 0 Å². The number of nitrogens with zero attached hydrogens (tertiary/aromatic N) is 2. The Kier molecular flexibility index (Phi) is 4.42. The smallest absolute Gasteiger partial charge is 0.148 e. The molecule has 0 bridgehead atoms. The van der Waals surface area contributed by atoms with Gasteiger partial charge in [0.05, 0.1) is 19.4 Å². The predicted molar refractivity (Wildman–Crippen MR) is 85.6 cm³/mol. The summed E-state index contributed by atoms with van der Waals surface area (Å²) in [4.78, 5) is 0. The number of ether oxygens (including phenoxy) is 2. The average Bonchev–Trinajstić information content (AvgIpc) is 2.56. The molecule has 1 aliphatic heterocycles. The highest BCUT2D eigenvalue weighted by molar-refractivity contribution is 5.42. The van der Waals surface area contributed by atoms with E-state index in [1.54, 1.807) is 7.11 Å². The van der Waals surface area contributed by atoms with Crippen LogP contribution in [0.4, 0.5) is 5.82 Å². The zero-order chi connectivity index (χ0) is 15.4. The van der Waals surface area contributed by atoms with Crippen LogP contribution in [0.15, 0.2) is 30.3 Å². The molecular weight excluding hydrogens is 278 g/mol. The fourth-order valence-electron chi connectivity index (χ4n) is 2.71. The summed E-state index contributed by atoms with van der Waals surface area (Å²) in [6, 6.07) is 10.0. The lowest BCUT2D eigenvalue weighted by atomic mass is 9.92. The molecule has 2 aromatic rings. The molecule has 0 aliphatic carbocycles. The van der Waals surface area contributed by atoms with Crippen LogP contribution < -0.4 is 14.8 Å². The van der Waals surface area contributed by atoms with E-state index < -0.39 is 0 Å². The van der Waals surface area contributed by atoms with Crippen molar-refractivity contribution in [3.05, 3.63) is 41.6 Å². The maximum atomic E-state index is 5.87. The Balaban J connectivity index is 1.64. The quantitative estimate of drug-likeness (QED) is 0.920. The number of aromatic nitrogens is 2. The topological polar surface area (TPSA) is 56.3 Å². The van der Waals surface area contributed by atoms with Gasteiger partial charge < -0.3 is 14.8 Å². The van der Waals surface area contributed by atoms with Gasteiger partial charge in [0.1, 0.15) is 17.3 Å². The summed E-state index contributed by atoms with van der Waals surface area (Å²) in [5, 5.41) is 11.6. The molecule has 0 radical (unpaired) electrons. The molecule has 2 heterocycles. The van der Waals surface area contributed by atoms with Crippen molar-refractivity contribution < 1.29 is 9.47 Å². The van der Waals surface area contributed by atoms with Gasteiger partial charge in [0, 0.05) is 18.5 Å². The lowest BCUT2D eigenvalue weighted by Crippen LogP contribution is -2.23. The second-order valence-corrected chi connectivity index (χ2v) is 5.50. The fraction of sp³-hybridized carbons (Fsp3) is 0.412. The molecule has 0 unspecified atom stereocenters. The monoisotopic (exact) mass is 299 g/mol. The fourth-order valence-corrected chi connectivity index (χ4v) is 2.71. The first kappa shape index (κ1) is 14.6. The van der Waals surface area contributed by atoms with Crippen molar-refractivity contribution in [1.82, 2.24) is 10.2 Å². The van der Waals surface area contributed by atoms with Crippen LogP contribution >= 0.6 is 0 Å². The van der Waals surface area contributed by atoms with Gasteiger partial charge in [-0.15, -0.1) is 5.10 Å². The summed E-state index contributed by atoms with van der Waals surface area (Å²) >= 11 is 0. The number of anilines is 1.